The van der Waals surface area contributed by atoms with Crippen LogP contribution in [0.15, 0.2) is 48.5 Å². The number of nitrogens with zero attached hydrogens (tertiary/aromatic N) is 2. The Balaban J connectivity index is 0.0000106. The summed E-state index contributed by atoms with van der Waals surface area (Å²) < 4.78 is 12.7. The Kier molecular flexibility index (Phi) is 30.1. The number of ether oxygens (including phenoxy) is 2. The molecule has 2 N–H and O–H groups in total. The first-order valence-electron chi connectivity index (χ1n) is 25.9. The number of amides is 2. The summed E-state index contributed by atoms with van der Waals surface area (Å²) in [4.78, 5) is 31.3. The summed E-state index contributed by atoms with van der Waals surface area (Å²) >= 11 is 0. The highest BCUT2D eigenvalue weighted by Gasteiger charge is 2.37. The van der Waals surface area contributed by atoms with Gasteiger partial charge >= 0.3 is 6.09 Å². The molecule has 2 unspecified atom stereocenters. The van der Waals surface area contributed by atoms with Gasteiger partial charge in [0.05, 0.1) is 12.7 Å². The number of carboxylic acid groups (broad SMARTS) is 1. The number of rotatable bonds is 37. The number of halogens is 1. The molecule has 1 fully saturated rings. The van der Waals surface area contributed by atoms with Crippen LogP contribution in [0, 0.1) is 0 Å². The van der Waals surface area contributed by atoms with Crippen molar-refractivity contribution >= 4 is 24.4 Å². The number of hydrogen-bond donors (Lipinski definition) is 2. The zero-order valence-corrected chi connectivity index (χ0v) is 40.8. The molecular weight excluding hydrogens is 806 g/mol. The fourth-order valence-electron chi connectivity index (χ4n) is 9.65. The van der Waals surface area contributed by atoms with Crippen LogP contribution in [0.1, 0.15) is 204 Å². The van der Waals surface area contributed by atoms with Gasteiger partial charge in [-0.2, -0.15) is 0 Å². The first kappa shape index (κ1) is 54.7. The first-order valence-corrected chi connectivity index (χ1v) is 25.9. The number of unbranched alkanes of at least 4 members (excludes halogenated alkanes) is 22. The number of likely N-dealkylation sites (tertiary alicyclic amines) is 1. The number of piperidine rings is 1. The highest BCUT2D eigenvalue weighted by molar-refractivity contribution is 5.86. The van der Waals surface area contributed by atoms with Crippen molar-refractivity contribution in [2.45, 2.75) is 205 Å². The minimum absolute atomic E-state index is 0. The molecule has 2 aromatic carbocycles. The third kappa shape index (κ3) is 21.5. The van der Waals surface area contributed by atoms with Crippen molar-refractivity contribution in [1.82, 2.24) is 15.1 Å². The fourth-order valence-corrected chi connectivity index (χ4v) is 9.65. The quantitative estimate of drug-likeness (QED) is 0.0657. The van der Waals surface area contributed by atoms with E-state index in [-0.39, 0.29) is 36.9 Å². The summed E-state index contributed by atoms with van der Waals surface area (Å²) in [5.41, 5.74) is 4.53. The summed E-state index contributed by atoms with van der Waals surface area (Å²) in [5.74, 6) is -0.395. The van der Waals surface area contributed by atoms with Crippen molar-refractivity contribution in [2.75, 3.05) is 52.5 Å². The van der Waals surface area contributed by atoms with E-state index in [1.54, 1.807) is 0 Å². The number of hydrogen-bond acceptors (Lipinski definition) is 5. The molecule has 1 saturated heterocycles. The van der Waals surface area contributed by atoms with E-state index in [1.165, 1.54) is 146 Å². The molecule has 2 atom stereocenters. The lowest BCUT2D eigenvalue weighted by Crippen LogP contribution is -2.56. The van der Waals surface area contributed by atoms with E-state index in [0.717, 1.165) is 67.4 Å². The molecule has 2 aliphatic rings. The largest absolute Gasteiger partial charge is 0.465 e. The molecule has 358 valence electrons. The molecule has 2 amide bonds. The van der Waals surface area contributed by atoms with Crippen molar-refractivity contribution < 1.29 is 24.2 Å². The van der Waals surface area contributed by atoms with Gasteiger partial charge in [0, 0.05) is 38.8 Å². The molecule has 4 rings (SSSR count). The van der Waals surface area contributed by atoms with Crippen LogP contribution in [0.5, 0.6) is 0 Å². The zero-order chi connectivity index (χ0) is 43.9. The topological polar surface area (TPSA) is 91.3 Å². The zero-order valence-electron chi connectivity index (χ0n) is 40.0. The highest BCUT2D eigenvalue weighted by Crippen LogP contribution is 2.45. The average molecular weight is 897 g/mol. The summed E-state index contributed by atoms with van der Waals surface area (Å²) in [5, 5.41) is 14.0. The SMILES string of the molecule is CCCCCCCCCCCCCCOCC(CNC(=O)C(CN1CCCCC1)N(CC1c2ccccc2-c2ccccc21)C(=O)O)OCCCCCCCCCCCCCC.Cl. The van der Waals surface area contributed by atoms with E-state index in [4.69, 9.17) is 9.47 Å². The van der Waals surface area contributed by atoms with Gasteiger partial charge < -0.3 is 24.8 Å². The third-order valence-electron chi connectivity index (χ3n) is 13.4. The molecule has 9 heteroatoms. The van der Waals surface area contributed by atoms with Gasteiger partial charge in [0.2, 0.25) is 5.91 Å². The lowest BCUT2D eigenvalue weighted by molar-refractivity contribution is -0.127. The molecular formula is C54H90ClN3O5. The van der Waals surface area contributed by atoms with Crippen molar-refractivity contribution in [2.24, 2.45) is 0 Å². The molecule has 63 heavy (non-hydrogen) atoms. The molecule has 1 aliphatic heterocycles. The summed E-state index contributed by atoms with van der Waals surface area (Å²) in [7, 11) is 0. The second kappa shape index (κ2) is 34.7. The second-order valence-electron chi connectivity index (χ2n) is 18.6. The fraction of sp³-hybridized carbons (Fsp3) is 0.741. The normalized spacial score (nSPS) is 14.8. The van der Waals surface area contributed by atoms with E-state index in [9.17, 15) is 14.7 Å². The smallest absolute Gasteiger partial charge is 0.408 e. The predicted molar refractivity (Wildman–Crippen MR) is 266 cm³/mol. The number of fused-ring (bicyclic) bond motifs is 3. The van der Waals surface area contributed by atoms with Gasteiger partial charge in [-0.3, -0.25) is 9.69 Å². The van der Waals surface area contributed by atoms with E-state index < -0.39 is 12.1 Å². The maximum atomic E-state index is 14.4. The van der Waals surface area contributed by atoms with E-state index in [0.29, 0.717) is 32.9 Å². The van der Waals surface area contributed by atoms with E-state index in [2.05, 4.69) is 48.3 Å². The molecule has 0 spiro atoms. The van der Waals surface area contributed by atoms with Gasteiger partial charge in [-0.15, -0.1) is 12.4 Å². The first-order chi connectivity index (χ1) is 30.5. The van der Waals surface area contributed by atoms with Gasteiger partial charge in [0.25, 0.3) is 0 Å². The maximum absolute atomic E-state index is 14.4. The minimum atomic E-state index is -1.06. The van der Waals surface area contributed by atoms with E-state index in [1.807, 2.05) is 24.3 Å². The Morgan fingerprint density at radius 2 is 1.10 bits per heavy atom. The Morgan fingerprint density at radius 1 is 0.651 bits per heavy atom. The number of nitrogens with one attached hydrogen (secondary N) is 1. The van der Waals surface area contributed by atoms with Crippen LogP contribution >= 0.6 is 12.4 Å². The standard InChI is InChI=1S/C54H89N3O5.ClH/c1-3-5-7-9-11-13-15-17-19-21-23-32-40-61-45-46(62-41-33-24-22-20-18-16-14-12-10-8-6-4-2)42-55-53(58)52(44-56-38-30-25-31-39-56)57(54(59)60)43-51-49-36-28-26-34-47(49)48-35-27-29-37-50(48)51;/h26-29,34-37,46,51-52H,3-25,30-33,38-45H2,1-2H3,(H,55,58)(H,59,60);1H. The summed E-state index contributed by atoms with van der Waals surface area (Å²) in [6.07, 6.45) is 33.2. The van der Waals surface area contributed by atoms with Crippen LogP contribution < -0.4 is 5.32 Å². The van der Waals surface area contributed by atoms with Gasteiger partial charge in [-0.25, -0.2) is 4.79 Å². The van der Waals surface area contributed by atoms with Crippen LogP contribution in [0.4, 0.5) is 4.79 Å². The molecule has 2 aromatic rings. The lowest BCUT2D eigenvalue weighted by Gasteiger charge is -2.36. The Labute approximate surface area is 390 Å². The van der Waals surface area contributed by atoms with Crippen LogP contribution in [0.3, 0.4) is 0 Å². The molecule has 1 aliphatic carbocycles. The molecule has 0 aromatic heterocycles. The van der Waals surface area contributed by atoms with Crippen LogP contribution in [-0.4, -0.2) is 91.6 Å². The van der Waals surface area contributed by atoms with Gasteiger partial charge in [0.15, 0.2) is 0 Å². The summed E-state index contributed by atoms with van der Waals surface area (Å²) in [6, 6.07) is 15.7. The number of carbonyl (C=O) groups is 2. The molecule has 0 bridgehead atoms. The monoisotopic (exact) mass is 896 g/mol. The van der Waals surface area contributed by atoms with Crippen LogP contribution in [0.2, 0.25) is 0 Å². The summed E-state index contributed by atoms with van der Waals surface area (Å²) in [6.45, 7) is 8.97. The second-order valence-corrected chi connectivity index (χ2v) is 18.6. The molecule has 0 saturated carbocycles. The average Bonchev–Trinajstić information content (AvgIpc) is 3.61. The maximum Gasteiger partial charge on any atom is 0.408 e. The molecule has 0 radical (unpaired) electrons. The van der Waals surface area contributed by atoms with E-state index >= 15 is 0 Å². The Hall–Kier alpha value is -2.65. The van der Waals surface area contributed by atoms with Gasteiger partial charge in [-0.05, 0) is 61.0 Å². The Morgan fingerprint density at radius 3 is 1.57 bits per heavy atom. The molecule has 8 nitrogen and oxygen atoms in total. The van der Waals surface area contributed by atoms with Crippen molar-refractivity contribution in [3.05, 3.63) is 59.7 Å². The molecule has 1 heterocycles. The van der Waals surface area contributed by atoms with Gasteiger partial charge in [-0.1, -0.05) is 210 Å². The van der Waals surface area contributed by atoms with Crippen LogP contribution in [-0.2, 0) is 14.3 Å². The Bertz CT molecular complexity index is 1420. The third-order valence-corrected chi connectivity index (χ3v) is 13.4. The van der Waals surface area contributed by atoms with Crippen LogP contribution in [0.25, 0.3) is 11.1 Å². The number of benzene rings is 2. The number of carbonyl (C=O) groups excluding carboxylic acids is 1. The highest BCUT2D eigenvalue weighted by atomic mass is 35.5. The van der Waals surface area contributed by atoms with Crippen molar-refractivity contribution in [1.29, 1.82) is 0 Å². The predicted octanol–water partition coefficient (Wildman–Crippen LogP) is 14.0. The van der Waals surface area contributed by atoms with Crippen molar-refractivity contribution in [3.63, 3.8) is 0 Å². The lowest BCUT2D eigenvalue weighted by atomic mass is 9.95. The van der Waals surface area contributed by atoms with Crippen molar-refractivity contribution in [3.8, 4) is 11.1 Å². The minimum Gasteiger partial charge on any atom is -0.465 e. The van der Waals surface area contributed by atoms with Gasteiger partial charge in [0.1, 0.15) is 6.04 Å².